The maximum Gasteiger partial charge on any atom is 0.420 e. The number of halogens is 3. The molecule has 1 fully saturated rings. The molecule has 0 radical (unpaired) electrons. The van der Waals surface area contributed by atoms with Crippen molar-refractivity contribution in [1.82, 2.24) is 19.7 Å². The maximum atomic E-state index is 13.7. The lowest BCUT2D eigenvalue weighted by atomic mass is 10.1. The molecule has 5 rings (SSSR count). The van der Waals surface area contributed by atoms with Crippen LogP contribution in [0.5, 0.6) is 5.75 Å². The number of aromatic amines is 1. The first kappa shape index (κ1) is 25.7. The van der Waals surface area contributed by atoms with E-state index in [-0.39, 0.29) is 36.8 Å². The van der Waals surface area contributed by atoms with Crippen LogP contribution >= 0.6 is 0 Å². The molecule has 0 unspecified atom stereocenters. The number of hydrogen-bond acceptors (Lipinski definition) is 6. The lowest BCUT2D eigenvalue weighted by Gasteiger charge is -2.19. The molecule has 200 valence electrons. The fourth-order valence-electron chi connectivity index (χ4n) is 4.21. The van der Waals surface area contributed by atoms with Crippen molar-refractivity contribution in [3.8, 4) is 5.75 Å². The SMILES string of the molecule is CC(C)(C)OC(=O)Cn1nc(Cc2nc3cc(OCC4CC4)c(C(F)(F)F)cc3[nH]2)c2ccccc2c1=O. The van der Waals surface area contributed by atoms with Crippen LogP contribution in [0.4, 0.5) is 13.2 Å². The molecule has 0 spiro atoms. The van der Waals surface area contributed by atoms with Crippen LogP contribution in [-0.4, -0.2) is 37.9 Å². The van der Waals surface area contributed by atoms with Crippen LogP contribution in [0.1, 0.15) is 50.7 Å². The lowest BCUT2D eigenvalue weighted by molar-refractivity contribution is -0.155. The Hall–Kier alpha value is -3.89. The molecule has 0 saturated heterocycles. The van der Waals surface area contributed by atoms with Gasteiger partial charge in [-0.15, -0.1) is 0 Å². The summed E-state index contributed by atoms with van der Waals surface area (Å²) in [4.78, 5) is 32.8. The van der Waals surface area contributed by atoms with Crippen molar-refractivity contribution in [3.05, 3.63) is 63.8 Å². The predicted octanol–water partition coefficient (Wildman–Crippen LogP) is 5.01. The Kier molecular flexibility index (Phi) is 6.40. The number of imidazole rings is 1. The van der Waals surface area contributed by atoms with E-state index in [4.69, 9.17) is 9.47 Å². The first-order valence-electron chi connectivity index (χ1n) is 12.3. The highest BCUT2D eigenvalue weighted by Crippen LogP contribution is 2.39. The number of nitrogens with zero attached hydrogens (tertiary/aromatic N) is 3. The second-order valence-corrected chi connectivity index (χ2v) is 10.5. The van der Waals surface area contributed by atoms with Gasteiger partial charge in [-0.3, -0.25) is 9.59 Å². The topological polar surface area (TPSA) is 99.1 Å². The van der Waals surface area contributed by atoms with Gasteiger partial charge in [0.05, 0.1) is 40.7 Å². The highest BCUT2D eigenvalue weighted by Gasteiger charge is 2.36. The summed E-state index contributed by atoms with van der Waals surface area (Å²) in [5, 5.41) is 5.32. The molecule has 0 bridgehead atoms. The zero-order valence-electron chi connectivity index (χ0n) is 21.2. The normalized spacial score (nSPS) is 14.3. The summed E-state index contributed by atoms with van der Waals surface area (Å²) in [7, 11) is 0. The highest BCUT2D eigenvalue weighted by atomic mass is 19.4. The quantitative estimate of drug-likeness (QED) is 0.339. The molecule has 38 heavy (non-hydrogen) atoms. The van der Waals surface area contributed by atoms with E-state index in [1.54, 1.807) is 45.0 Å². The summed E-state index contributed by atoms with van der Waals surface area (Å²) in [5.41, 5.74) is -1.08. The van der Waals surface area contributed by atoms with Crippen molar-refractivity contribution in [1.29, 1.82) is 0 Å². The van der Waals surface area contributed by atoms with Gasteiger partial charge in [0.2, 0.25) is 0 Å². The van der Waals surface area contributed by atoms with Crippen LogP contribution in [-0.2, 0) is 28.7 Å². The van der Waals surface area contributed by atoms with Crippen LogP contribution in [0.3, 0.4) is 0 Å². The Morgan fingerprint density at radius 1 is 1.13 bits per heavy atom. The molecule has 0 aliphatic heterocycles. The van der Waals surface area contributed by atoms with E-state index >= 15 is 0 Å². The van der Waals surface area contributed by atoms with Crippen LogP contribution in [0, 0.1) is 5.92 Å². The average Bonchev–Trinajstić information content (AvgIpc) is 3.56. The van der Waals surface area contributed by atoms with Gasteiger partial charge < -0.3 is 14.5 Å². The van der Waals surface area contributed by atoms with Gasteiger partial charge in [0, 0.05) is 11.5 Å². The van der Waals surface area contributed by atoms with Crippen LogP contribution in [0.2, 0.25) is 0 Å². The Morgan fingerprint density at radius 3 is 2.50 bits per heavy atom. The fraction of sp³-hybridized carbons (Fsp3) is 0.407. The number of hydrogen-bond donors (Lipinski definition) is 1. The maximum absolute atomic E-state index is 13.7. The molecular formula is C27H27F3N4O4. The first-order valence-corrected chi connectivity index (χ1v) is 12.3. The van der Waals surface area contributed by atoms with Gasteiger partial charge in [-0.2, -0.15) is 18.3 Å². The van der Waals surface area contributed by atoms with Crippen molar-refractivity contribution in [3.63, 3.8) is 0 Å². The lowest BCUT2D eigenvalue weighted by Crippen LogP contribution is -2.32. The molecule has 0 amide bonds. The van der Waals surface area contributed by atoms with Crippen LogP contribution in [0.25, 0.3) is 21.8 Å². The van der Waals surface area contributed by atoms with E-state index in [0.29, 0.717) is 27.8 Å². The molecule has 1 N–H and O–H groups in total. The van der Waals surface area contributed by atoms with Crippen molar-refractivity contribution in [2.45, 2.75) is 58.4 Å². The van der Waals surface area contributed by atoms with Crippen LogP contribution in [0.15, 0.2) is 41.2 Å². The third-order valence-corrected chi connectivity index (χ3v) is 6.09. The second-order valence-electron chi connectivity index (χ2n) is 10.5. The molecule has 2 aromatic carbocycles. The molecule has 1 aliphatic rings. The minimum absolute atomic E-state index is 0.0867. The number of nitrogens with one attached hydrogen (secondary N) is 1. The van der Waals surface area contributed by atoms with Crippen molar-refractivity contribution in [2.24, 2.45) is 5.92 Å². The van der Waals surface area contributed by atoms with Gasteiger partial charge >= 0.3 is 12.1 Å². The monoisotopic (exact) mass is 528 g/mol. The summed E-state index contributed by atoms with van der Waals surface area (Å²) in [5.74, 6) is -0.218. The number of ether oxygens (including phenoxy) is 2. The van der Waals surface area contributed by atoms with E-state index in [1.165, 1.54) is 6.07 Å². The van der Waals surface area contributed by atoms with Gasteiger partial charge in [-0.25, -0.2) is 9.67 Å². The summed E-state index contributed by atoms with van der Waals surface area (Å²) in [6.45, 7) is 5.02. The summed E-state index contributed by atoms with van der Waals surface area (Å²) < 4.78 is 53.1. The smallest absolute Gasteiger partial charge is 0.420 e. The van der Waals surface area contributed by atoms with Gasteiger partial charge in [-0.1, -0.05) is 18.2 Å². The average molecular weight is 529 g/mol. The number of alkyl halides is 3. The number of carbonyl (C=O) groups excluding carboxylic acids is 1. The number of H-pyrrole nitrogens is 1. The molecule has 0 atom stereocenters. The van der Waals surface area contributed by atoms with Gasteiger partial charge in [0.15, 0.2) is 0 Å². The summed E-state index contributed by atoms with van der Waals surface area (Å²) in [6, 6.07) is 9.12. The molecular weight excluding hydrogens is 501 g/mol. The largest absolute Gasteiger partial charge is 0.493 e. The van der Waals surface area contributed by atoms with E-state index in [1.807, 2.05) is 0 Å². The van der Waals surface area contributed by atoms with Gasteiger partial charge in [0.25, 0.3) is 5.56 Å². The Balaban J connectivity index is 1.51. The first-order chi connectivity index (χ1) is 17.9. The molecule has 1 saturated carbocycles. The molecule has 2 aromatic heterocycles. The number of aromatic nitrogens is 4. The molecule has 11 heteroatoms. The Labute approximate surface area is 215 Å². The molecule has 1 aliphatic carbocycles. The number of esters is 1. The number of carbonyl (C=O) groups is 1. The van der Waals surface area contributed by atoms with Gasteiger partial charge in [0.1, 0.15) is 23.7 Å². The standard InChI is InChI=1S/C27H27F3N4O4/c1-26(2,3)38-24(35)13-34-25(36)17-7-5-4-6-16(17)19(33-34)12-23-31-20-10-18(27(28,29)30)22(11-21(20)32-23)37-14-15-8-9-15/h4-7,10-11,15H,8-9,12-14H2,1-3H3,(H,31,32). The van der Waals surface area contributed by atoms with E-state index in [0.717, 1.165) is 23.6 Å². The summed E-state index contributed by atoms with van der Waals surface area (Å²) in [6.07, 6.45) is -2.60. The second kappa shape index (κ2) is 9.45. The number of rotatable bonds is 7. The van der Waals surface area contributed by atoms with Crippen molar-refractivity contribution >= 4 is 27.8 Å². The summed E-state index contributed by atoms with van der Waals surface area (Å²) >= 11 is 0. The van der Waals surface area contributed by atoms with E-state index in [2.05, 4.69) is 15.1 Å². The van der Waals surface area contributed by atoms with Crippen LogP contribution < -0.4 is 10.3 Å². The minimum atomic E-state index is -4.59. The molecule has 4 aromatic rings. The Morgan fingerprint density at radius 2 is 1.84 bits per heavy atom. The zero-order chi connectivity index (χ0) is 27.2. The van der Waals surface area contributed by atoms with Crippen molar-refractivity contribution in [2.75, 3.05) is 6.61 Å². The zero-order valence-corrected chi connectivity index (χ0v) is 21.2. The third kappa shape index (κ3) is 5.66. The molecule has 2 heterocycles. The van der Waals surface area contributed by atoms with E-state index < -0.39 is 28.9 Å². The highest BCUT2D eigenvalue weighted by molar-refractivity contribution is 5.84. The van der Waals surface area contributed by atoms with Crippen molar-refractivity contribution < 1.29 is 27.4 Å². The number of fused-ring (bicyclic) bond motifs is 2. The Bertz CT molecular complexity index is 1580. The predicted molar refractivity (Wildman–Crippen MR) is 134 cm³/mol. The fourth-order valence-corrected chi connectivity index (χ4v) is 4.21. The van der Waals surface area contributed by atoms with Gasteiger partial charge in [-0.05, 0) is 51.7 Å². The van der Waals surface area contributed by atoms with E-state index in [9.17, 15) is 22.8 Å². The minimum Gasteiger partial charge on any atom is -0.493 e. The third-order valence-electron chi connectivity index (χ3n) is 6.09. The number of benzene rings is 2. The molecule has 8 nitrogen and oxygen atoms in total.